The number of carboxylic acids is 1. The second-order valence-corrected chi connectivity index (χ2v) is 7.82. The van der Waals surface area contributed by atoms with Gasteiger partial charge in [0.15, 0.2) is 5.96 Å². The molecule has 3 atom stereocenters. The van der Waals surface area contributed by atoms with Gasteiger partial charge in [-0.2, -0.15) is 0 Å². The third-order valence-electron chi connectivity index (χ3n) is 4.36. The number of amides is 4. The summed E-state index contributed by atoms with van der Waals surface area (Å²) in [6, 6.07) is -3.61. The predicted octanol–water partition coefficient (Wildman–Crippen LogP) is -4.31. The summed E-state index contributed by atoms with van der Waals surface area (Å²) in [4.78, 5) is 63.5. The molecule has 0 heterocycles. The Bertz CT molecular complexity index is 740. The van der Waals surface area contributed by atoms with Crippen LogP contribution in [-0.2, 0) is 24.0 Å². The molecule has 34 heavy (non-hydrogen) atoms. The lowest BCUT2D eigenvalue weighted by Gasteiger charge is -2.23. The van der Waals surface area contributed by atoms with Crippen molar-refractivity contribution in [3.8, 4) is 0 Å². The van der Waals surface area contributed by atoms with Gasteiger partial charge in [0.25, 0.3) is 0 Å². The summed E-state index contributed by atoms with van der Waals surface area (Å²) in [5, 5.41) is 27.9. The summed E-state index contributed by atoms with van der Waals surface area (Å²) in [6.45, 7) is 2.14. The van der Waals surface area contributed by atoms with E-state index in [0.717, 1.165) is 0 Å². The Kier molecular flexibility index (Phi) is 14.6. The molecule has 0 unspecified atom stereocenters. The molecule has 0 aliphatic heterocycles. The molecule has 0 saturated carbocycles. The molecule has 0 fully saturated rings. The van der Waals surface area contributed by atoms with Crippen LogP contribution in [0.15, 0.2) is 4.99 Å². The number of rotatable bonds is 16. The first kappa shape index (κ1) is 30.5. The Labute approximate surface area is 197 Å². The summed E-state index contributed by atoms with van der Waals surface area (Å²) in [5.74, 6) is -4.32. The van der Waals surface area contributed by atoms with Crippen LogP contribution >= 0.6 is 0 Å². The maximum absolute atomic E-state index is 12.5. The van der Waals surface area contributed by atoms with E-state index in [1.165, 1.54) is 0 Å². The van der Waals surface area contributed by atoms with E-state index in [9.17, 15) is 34.2 Å². The Morgan fingerprint density at radius 3 is 2.03 bits per heavy atom. The number of nitrogens with zero attached hydrogens (tertiary/aromatic N) is 1. The number of aliphatic imine (C=N–C) groups is 1. The number of aliphatic carboxylic acids is 1. The zero-order valence-corrected chi connectivity index (χ0v) is 19.4. The fourth-order valence-corrected chi connectivity index (χ4v) is 2.72. The Morgan fingerprint density at radius 2 is 1.53 bits per heavy atom. The molecule has 0 aromatic heterocycles. The average Bonchev–Trinajstić information content (AvgIpc) is 2.76. The molecule has 0 rings (SSSR count). The fourth-order valence-electron chi connectivity index (χ4n) is 2.72. The van der Waals surface area contributed by atoms with Crippen LogP contribution in [-0.4, -0.2) is 90.1 Å². The minimum Gasteiger partial charge on any atom is -0.480 e. The lowest BCUT2D eigenvalue weighted by Crippen LogP contribution is -2.56. The van der Waals surface area contributed by atoms with E-state index in [1.54, 1.807) is 0 Å². The molecule has 15 heteroatoms. The van der Waals surface area contributed by atoms with Crippen molar-refractivity contribution < 1.29 is 34.2 Å². The molecule has 0 aliphatic carbocycles. The smallest absolute Gasteiger partial charge is 0.326 e. The molecule has 0 radical (unpaired) electrons. The molecule has 4 amide bonds. The number of hydrogen-bond donors (Lipinski definition) is 9. The van der Waals surface area contributed by atoms with E-state index in [1.807, 2.05) is 13.8 Å². The average molecular weight is 489 g/mol. The number of carbonyl (C=O) groups excluding carboxylic acids is 4. The van der Waals surface area contributed by atoms with Crippen molar-refractivity contribution in [3.05, 3.63) is 0 Å². The molecule has 194 valence electrons. The van der Waals surface area contributed by atoms with E-state index >= 15 is 0 Å². The van der Waals surface area contributed by atoms with Gasteiger partial charge >= 0.3 is 5.97 Å². The Hall–Kier alpha value is -3.46. The summed E-state index contributed by atoms with van der Waals surface area (Å²) >= 11 is 0. The number of nitrogens with two attached hydrogens (primary N) is 3. The van der Waals surface area contributed by atoms with Crippen molar-refractivity contribution in [2.75, 3.05) is 26.2 Å². The van der Waals surface area contributed by atoms with Gasteiger partial charge in [-0.15, -0.1) is 0 Å². The molecule has 0 bridgehead atoms. The molecule has 0 saturated heterocycles. The maximum atomic E-state index is 12.5. The van der Waals surface area contributed by atoms with Crippen molar-refractivity contribution in [2.24, 2.45) is 28.1 Å². The van der Waals surface area contributed by atoms with Gasteiger partial charge in [-0.1, -0.05) is 13.8 Å². The molecule has 0 aromatic rings. The van der Waals surface area contributed by atoms with Crippen LogP contribution in [0, 0.1) is 5.92 Å². The zero-order valence-electron chi connectivity index (χ0n) is 19.4. The molecule has 15 nitrogen and oxygen atoms in total. The van der Waals surface area contributed by atoms with Gasteiger partial charge in [-0.25, -0.2) is 4.79 Å². The lowest BCUT2D eigenvalue weighted by atomic mass is 10.0. The molecule has 0 spiro atoms. The van der Waals surface area contributed by atoms with E-state index in [-0.39, 0.29) is 37.8 Å². The second-order valence-electron chi connectivity index (χ2n) is 7.82. The van der Waals surface area contributed by atoms with E-state index < -0.39 is 60.9 Å². The second kappa shape index (κ2) is 16.2. The number of aliphatic hydroxyl groups is 1. The third kappa shape index (κ3) is 13.2. The number of carboxylic acid groups (broad SMARTS) is 1. The number of hydrogen-bond acceptors (Lipinski definition) is 8. The molecular weight excluding hydrogens is 452 g/mol. The molecule has 0 aromatic carbocycles. The summed E-state index contributed by atoms with van der Waals surface area (Å²) < 4.78 is 0. The summed E-state index contributed by atoms with van der Waals surface area (Å²) in [6.07, 6.45) is 0.602. The van der Waals surface area contributed by atoms with Crippen molar-refractivity contribution in [2.45, 2.75) is 51.2 Å². The molecule has 0 aliphatic rings. The van der Waals surface area contributed by atoms with Crippen molar-refractivity contribution >= 4 is 35.6 Å². The number of guanidine groups is 1. The van der Waals surface area contributed by atoms with Crippen LogP contribution in [0.1, 0.15) is 33.1 Å². The highest BCUT2D eigenvalue weighted by Gasteiger charge is 2.27. The number of nitrogens with one attached hydrogen (secondary N) is 4. The lowest BCUT2D eigenvalue weighted by molar-refractivity contribution is -0.142. The monoisotopic (exact) mass is 488 g/mol. The van der Waals surface area contributed by atoms with Crippen LogP contribution in [0.25, 0.3) is 0 Å². The van der Waals surface area contributed by atoms with Gasteiger partial charge in [0.05, 0.1) is 19.7 Å². The minimum absolute atomic E-state index is 0.0283. The highest BCUT2D eigenvalue weighted by Crippen LogP contribution is 2.05. The van der Waals surface area contributed by atoms with Crippen molar-refractivity contribution in [1.29, 1.82) is 0 Å². The Balaban J connectivity index is 4.83. The number of carbonyl (C=O) groups is 5. The largest absolute Gasteiger partial charge is 0.480 e. The van der Waals surface area contributed by atoms with E-state index in [4.69, 9.17) is 17.2 Å². The fraction of sp³-hybridized carbons (Fsp3) is 0.684. The van der Waals surface area contributed by atoms with Gasteiger partial charge in [0, 0.05) is 6.54 Å². The van der Waals surface area contributed by atoms with Crippen molar-refractivity contribution in [3.63, 3.8) is 0 Å². The first-order chi connectivity index (χ1) is 15.9. The standard InChI is InChI=1S/C19H36N8O7/c1-10(2)6-12(26-14(29)7-20)17(32)27-13(9-28)16(31)24-8-15(30)25-11(18(33)34)4-3-5-23-19(21)22/h10-13,28H,3-9,20H2,1-2H3,(H,24,31)(H,25,30)(H,26,29)(H,27,32)(H,33,34)(H4,21,22,23)/t11-,12-,13-/m0/s1. The first-order valence-electron chi connectivity index (χ1n) is 10.7. The van der Waals surface area contributed by atoms with Crippen LogP contribution in [0.2, 0.25) is 0 Å². The van der Waals surface area contributed by atoms with E-state index in [2.05, 4.69) is 26.3 Å². The summed E-state index contributed by atoms with van der Waals surface area (Å²) in [5.41, 5.74) is 15.6. The minimum atomic E-state index is -1.40. The van der Waals surface area contributed by atoms with Gasteiger partial charge in [-0.05, 0) is 25.2 Å². The third-order valence-corrected chi connectivity index (χ3v) is 4.36. The quantitative estimate of drug-likeness (QED) is 0.0573. The highest BCUT2D eigenvalue weighted by atomic mass is 16.4. The van der Waals surface area contributed by atoms with Gasteiger partial charge in [0.2, 0.25) is 23.6 Å². The molecular formula is C19H36N8O7. The van der Waals surface area contributed by atoms with Crippen LogP contribution in [0.5, 0.6) is 0 Å². The Morgan fingerprint density at radius 1 is 0.912 bits per heavy atom. The summed E-state index contributed by atoms with van der Waals surface area (Å²) in [7, 11) is 0. The normalized spacial score (nSPS) is 13.2. The first-order valence-corrected chi connectivity index (χ1v) is 10.7. The van der Waals surface area contributed by atoms with Gasteiger partial charge in [-0.3, -0.25) is 24.2 Å². The molecule has 12 N–H and O–H groups in total. The van der Waals surface area contributed by atoms with Crippen LogP contribution in [0.4, 0.5) is 0 Å². The van der Waals surface area contributed by atoms with Crippen molar-refractivity contribution in [1.82, 2.24) is 21.3 Å². The van der Waals surface area contributed by atoms with Gasteiger partial charge < -0.3 is 48.7 Å². The predicted molar refractivity (Wildman–Crippen MR) is 122 cm³/mol. The van der Waals surface area contributed by atoms with Crippen LogP contribution in [0.3, 0.4) is 0 Å². The van der Waals surface area contributed by atoms with Crippen LogP contribution < -0.4 is 38.5 Å². The van der Waals surface area contributed by atoms with E-state index in [0.29, 0.717) is 6.42 Å². The zero-order chi connectivity index (χ0) is 26.3. The van der Waals surface area contributed by atoms with Gasteiger partial charge in [0.1, 0.15) is 18.1 Å². The highest BCUT2D eigenvalue weighted by molar-refractivity contribution is 5.94. The SMILES string of the molecule is CC(C)C[C@H](NC(=O)CN)C(=O)N[C@@H](CO)C(=O)NCC(=O)N[C@@H](CCCN=C(N)N)C(=O)O. The number of aliphatic hydroxyl groups excluding tert-OH is 1. The topological polar surface area (TPSA) is 264 Å². The maximum Gasteiger partial charge on any atom is 0.326 e.